The van der Waals surface area contributed by atoms with Gasteiger partial charge in [0.05, 0.1) is 30.6 Å². The maximum absolute atomic E-state index is 13.2. The minimum Gasteiger partial charge on any atom is -0.497 e. The molecule has 166 valence electrons. The summed E-state index contributed by atoms with van der Waals surface area (Å²) in [7, 11) is 1.59. The molecule has 0 aliphatic carbocycles. The molecule has 0 atom stereocenters. The number of nitrogens with one attached hydrogen (secondary N) is 1. The van der Waals surface area contributed by atoms with Gasteiger partial charge in [-0.2, -0.15) is 0 Å². The number of ketones is 1. The fourth-order valence-corrected chi connectivity index (χ4v) is 3.64. The van der Waals surface area contributed by atoms with Gasteiger partial charge in [0.15, 0.2) is 5.78 Å². The summed E-state index contributed by atoms with van der Waals surface area (Å²) < 4.78 is 10.9. The fourth-order valence-electron chi connectivity index (χ4n) is 3.64. The summed E-state index contributed by atoms with van der Waals surface area (Å²) in [5.74, 6) is 0.150. The van der Waals surface area contributed by atoms with Crippen molar-refractivity contribution in [2.24, 2.45) is 0 Å². The molecule has 0 amide bonds. The standard InChI is InChI=1S/C27H24N2O4/c1-4-33-27(31)24-25(19-8-6-5-7-9-19)29-23-15-14-21(32-3)16-22(23)26(24)28-20-12-10-18(11-13-20)17(2)30/h5-16H,4H2,1-3H3,(H,28,29). The number of aromatic nitrogens is 1. The second kappa shape index (κ2) is 9.53. The summed E-state index contributed by atoms with van der Waals surface area (Å²) in [6, 6.07) is 22.2. The molecular formula is C27H24N2O4. The molecule has 1 N–H and O–H groups in total. The Labute approximate surface area is 192 Å². The topological polar surface area (TPSA) is 77.5 Å². The van der Waals surface area contributed by atoms with Crippen molar-refractivity contribution in [3.8, 4) is 17.0 Å². The number of carbonyl (C=O) groups excluding carboxylic acids is 2. The van der Waals surface area contributed by atoms with Crippen molar-refractivity contribution < 1.29 is 19.1 Å². The summed E-state index contributed by atoms with van der Waals surface area (Å²) in [5, 5.41) is 4.09. The smallest absolute Gasteiger partial charge is 0.342 e. The molecule has 6 nitrogen and oxygen atoms in total. The van der Waals surface area contributed by atoms with Crippen molar-refractivity contribution >= 4 is 34.0 Å². The van der Waals surface area contributed by atoms with E-state index >= 15 is 0 Å². The minimum absolute atomic E-state index is 0.0146. The first-order valence-corrected chi connectivity index (χ1v) is 10.6. The fraction of sp³-hybridized carbons (Fsp3) is 0.148. The van der Waals surface area contributed by atoms with Crippen LogP contribution in [-0.2, 0) is 4.74 Å². The molecule has 3 aromatic carbocycles. The number of carbonyl (C=O) groups is 2. The predicted octanol–water partition coefficient (Wildman–Crippen LogP) is 6.03. The zero-order valence-electron chi connectivity index (χ0n) is 18.7. The van der Waals surface area contributed by atoms with Crippen LogP contribution in [-0.4, -0.2) is 30.5 Å². The lowest BCUT2D eigenvalue weighted by molar-refractivity contribution is 0.0528. The van der Waals surface area contributed by atoms with Crippen LogP contribution in [0.15, 0.2) is 72.8 Å². The van der Waals surface area contributed by atoms with Crippen LogP contribution in [0, 0.1) is 0 Å². The van der Waals surface area contributed by atoms with Gasteiger partial charge in [0, 0.05) is 22.2 Å². The van der Waals surface area contributed by atoms with Gasteiger partial charge >= 0.3 is 5.97 Å². The third-order valence-corrected chi connectivity index (χ3v) is 5.28. The maximum Gasteiger partial charge on any atom is 0.342 e. The van der Waals surface area contributed by atoms with Crippen LogP contribution in [0.4, 0.5) is 11.4 Å². The van der Waals surface area contributed by atoms with Crippen molar-refractivity contribution in [1.29, 1.82) is 0 Å². The second-order valence-electron chi connectivity index (χ2n) is 7.44. The Morgan fingerprint density at radius 1 is 0.970 bits per heavy atom. The summed E-state index contributed by atoms with van der Waals surface area (Å²) >= 11 is 0. The van der Waals surface area contributed by atoms with Crippen molar-refractivity contribution in [3.63, 3.8) is 0 Å². The average molecular weight is 440 g/mol. The van der Waals surface area contributed by atoms with Crippen LogP contribution < -0.4 is 10.1 Å². The Morgan fingerprint density at radius 2 is 1.70 bits per heavy atom. The number of ether oxygens (including phenoxy) is 2. The summed E-state index contributed by atoms with van der Waals surface area (Å²) in [6.07, 6.45) is 0. The molecular weight excluding hydrogens is 416 g/mol. The Kier molecular flexibility index (Phi) is 6.36. The number of rotatable bonds is 7. The van der Waals surface area contributed by atoms with Gasteiger partial charge in [-0.05, 0) is 56.3 Å². The number of fused-ring (bicyclic) bond motifs is 1. The highest BCUT2D eigenvalue weighted by Gasteiger charge is 2.24. The zero-order chi connectivity index (χ0) is 23.4. The first-order chi connectivity index (χ1) is 16.0. The number of esters is 1. The van der Waals surface area contributed by atoms with E-state index in [1.165, 1.54) is 6.92 Å². The molecule has 33 heavy (non-hydrogen) atoms. The number of hydrogen-bond acceptors (Lipinski definition) is 6. The highest BCUT2D eigenvalue weighted by molar-refractivity contribution is 6.11. The molecule has 0 saturated heterocycles. The normalized spacial score (nSPS) is 10.6. The Hall–Kier alpha value is -4.19. The largest absolute Gasteiger partial charge is 0.497 e. The van der Waals surface area contributed by atoms with Gasteiger partial charge in [0.1, 0.15) is 11.3 Å². The molecule has 1 heterocycles. The molecule has 0 aliphatic rings. The monoisotopic (exact) mass is 440 g/mol. The van der Waals surface area contributed by atoms with E-state index in [9.17, 15) is 9.59 Å². The molecule has 0 bridgehead atoms. The van der Waals surface area contributed by atoms with E-state index in [0.717, 1.165) is 11.3 Å². The van der Waals surface area contributed by atoms with E-state index in [1.807, 2.05) is 48.5 Å². The first-order valence-electron chi connectivity index (χ1n) is 10.6. The van der Waals surface area contributed by atoms with Gasteiger partial charge in [-0.25, -0.2) is 9.78 Å². The lowest BCUT2D eigenvalue weighted by Gasteiger charge is -2.18. The van der Waals surface area contributed by atoms with Gasteiger partial charge < -0.3 is 14.8 Å². The third-order valence-electron chi connectivity index (χ3n) is 5.28. The van der Waals surface area contributed by atoms with E-state index in [1.54, 1.807) is 38.3 Å². The highest BCUT2D eigenvalue weighted by atomic mass is 16.5. The van der Waals surface area contributed by atoms with Crippen molar-refractivity contribution in [1.82, 2.24) is 4.98 Å². The Morgan fingerprint density at radius 3 is 2.33 bits per heavy atom. The molecule has 0 aliphatic heterocycles. The number of benzene rings is 3. The van der Waals surface area contributed by atoms with E-state index in [0.29, 0.717) is 39.2 Å². The molecule has 4 rings (SSSR count). The van der Waals surface area contributed by atoms with Gasteiger partial charge in [0.2, 0.25) is 0 Å². The summed E-state index contributed by atoms with van der Waals surface area (Å²) in [6.45, 7) is 3.53. The molecule has 0 radical (unpaired) electrons. The lowest BCUT2D eigenvalue weighted by Crippen LogP contribution is -2.12. The van der Waals surface area contributed by atoms with Crippen LogP contribution in [0.2, 0.25) is 0 Å². The van der Waals surface area contributed by atoms with E-state index in [4.69, 9.17) is 14.5 Å². The number of hydrogen-bond donors (Lipinski definition) is 1. The molecule has 0 fully saturated rings. The molecule has 6 heteroatoms. The molecule has 1 aromatic heterocycles. The third kappa shape index (κ3) is 4.55. The van der Waals surface area contributed by atoms with E-state index in [2.05, 4.69) is 5.32 Å². The number of pyridine rings is 1. The maximum atomic E-state index is 13.2. The quantitative estimate of drug-likeness (QED) is 0.279. The minimum atomic E-state index is -0.476. The van der Waals surface area contributed by atoms with Gasteiger partial charge in [-0.1, -0.05) is 30.3 Å². The number of Topliss-reactive ketones (excluding diaryl/α,β-unsaturated/α-hetero) is 1. The van der Waals surface area contributed by atoms with Gasteiger partial charge in [-0.3, -0.25) is 4.79 Å². The molecule has 0 unspecified atom stereocenters. The van der Waals surface area contributed by atoms with Crippen molar-refractivity contribution in [3.05, 3.63) is 83.9 Å². The zero-order valence-corrected chi connectivity index (χ0v) is 18.7. The SMILES string of the molecule is CCOC(=O)c1c(-c2ccccc2)nc2ccc(OC)cc2c1Nc1ccc(C(C)=O)cc1. The van der Waals surface area contributed by atoms with Crippen LogP contribution in [0.5, 0.6) is 5.75 Å². The van der Waals surface area contributed by atoms with Gasteiger partial charge in [-0.15, -0.1) is 0 Å². The summed E-state index contributed by atoms with van der Waals surface area (Å²) in [5.41, 5.74) is 4.25. The first kappa shape index (κ1) is 22.0. The average Bonchev–Trinajstić information content (AvgIpc) is 2.84. The van der Waals surface area contributed by atoms with Gasteiger partial charge in [0.25, 0.3) is 0 Å². The number of methoxy groups -OCH3 is 1. The Balaban J connectivity index is 1.99. The van der Waals surface area contributed by atoms with Crippen LogP contribution >= 0.6 is 0 Å². The van der Waals surface area contributed by atoms with Crippen LogP contribution in [0.3, 0.4) is 0 Å². The second-order valence-corrected chi connectivity index (χ2v) is 7.44. The predicted molar refractivity (Wildman–Crippen MR) is 129 cm³/mol. The van der Waals surface area contributed by atoms with Crippen molar-refractivity contribution in [2.45, 2.75) is 13.8 Å². The van der Waals surface area contributed by atoms with E-state index in [-0.39, 0.29) is 12.4 Å². The number of nitrogens with zero attached hydrogens (tertiary/aromatic N) is 1. The Bertz CT molecular complexity index is 1320. The molecule has 4 aromatic rings. The van der Waals surface area contributed by atoms with Crippen LogP contribution in [0.25, 0.3) is 22.2 Å². The van der Waals surface area contributed by atoms with Crippen molar-refractivity contribution in [2.75, 3.05) is 19.0 Å². The molecule has 0 saturated carbocycles. The van der Waals surface area contributed by atoms with E-state index < -0.39 is 5.97 Å². The van der Waals surface area contributed by atoms with Crippen LogP contribution in [0.1, 0.15) is 34.6 Å². The number of anilines is 2. The lowest BCUT2D eigenvalue weighted by atomic mass is 10.00. The summed E-state index contributed by atoms with van der Waals surface area (Å²) in [4.78, 5) is 29.7. The molecule has 0 spiro atoms. The highest BCUT2D eigenvalue weighted by Crippen LogP contribution is 2.37.